The number of nitrogens with one attached hydrogen (secondary N) is 1. The van der Waals surface area contributed by atoms with E-state index in [1.807, 2.05) is 26.0 Å². The molecule has 0 aliphatic rings. The first-order chi connectivity index (χ1) is 11.5. The van der Waals surface area contributed by atoms with Gasteiger partial charge in [-0.15, -0.1) is 0 Å². The summed E-state index contributed by atoms with van der Waals surface area (Å²) in [7, 11) is -3.44. The number of pyridine rings is 1. The first-order valence-corrected chi connectivity index (χ1v) is 9.67. The van der Waals surface area contributed by atoms with Gasteiger partial charge in [-0.05, 0) is 36.6 Å². The minimum Gasteiger partial charge on any atom is -0.370 e. The quantitative estimate of drug-likeness (QED) is 0.797. The van der Waals surface area contributed by atoms with Crippen molar-refractivity contribution >= 4 is 15.8 Å². The van der Waals surface area contributed by atoms with E-state index in [2.05, 4.69) is 29.4 Å². The second kappa shape index (κ2) is 8.26. The van der Waals surface area contributed by atoms with E-state index in [-0.39, 0.29) is 4.90 Å². The van der Waals surface area contributed by atoms with E-state index in [0.717, 1.165) is 13.0 Å². The number of anilines is 1. The Kier molecular flexibility index (Phi) is 6.34. The van der Waals surface area contributed by atoms with Crippen molar-refractivity contribution in [2.45, 2.75) is 32.1 Å². The number of rotatable bonds is 8. The van der Waals surface area contributed by atoms with E-state index < -0.39 is 10.0 Å². The first-order valence-electron chi connectivity index (χ1n) is 8.23. The summed E-state index contributed by atoms with van der Waals surface area (Å²) in [5.41, 5.74) is 2.57. The van der Waals surface area contributed by atoms with Crippen LogP contribution in [0.5, 0.6) is 0 Å². The Labute approximate surface area is 144 Å². The molecule has 2 rings (SSSR count). The zero-order valence-corrected chi connectivity index (χ0v) is 15.3. The van der Waals surface area contributed by atoms with Gasteiger partial charge in [0, 0.05) is 25.8 Å². The Morgan fingerprint density at radius 1 is 1.08 bits per heavy atom. The van der Waals surface area contributed by atoms with E-state index in [1.54, 1.807) is 12.1 Å². The van der Waals surface area contributed by atoms with Crippen LogP contribution in [0, 0.1) is 6.92 Å². The fourth-order valence-electron chi connectivity index (χ4n) is 2.57. The van der Waals surface area contributed by atoms with E-state index in [1.165, 1.54) is 21.6 Å². The minimum atomic E-state index is -3.44. The van der Waals surface area contributed by atoms with Gasteiger partial charge < -0.3 is 5.32 Å². The van der Waals surface area contributed by atoms with Gasteiger partial charge in [0.05, 0.1) is 0 Å². The van der Waals surface area contributed by atoms with Gasteiger partial charge in [-0.25, -0.2) is 13.4 Å². The van der Waals surface area contributed by atoms with Crippen LogP contribution >= 0.6 is 0 Å². The van der Waals surface area contributed by atoms with E-state index >= 15 is 0 Å². The lowest BCUT2D eigenvalue weighted by molar-refractivity contribution is 0.445. The number of sulfonamides is 1. The van der Waals surface area contributed by atoms with E-state index in [9.17, 15) is 8.42 Å². The first kappa shape index (κ1) is 18.4. The second-order valence-electron chi connectivity index (χ2n) is 5.57. The third kappa shape index (κ3) is 4.33. The van der Waals surface area contributed by atoms with Gasteiger partial charge in [0.25, 0.3) is 0 Å². The minimum absolute atomic E-state index is 0.232. The molecule has 1 N–H and O–H groups in total. The van der Waals surface area contributed by atoms with Gasteiger partial charge in [0.1, 0.15) is 10.7 Å². The summed E-state index contributed by atoms with van der Waals surface area (Å²) in [5.74, 6) is 0.682. The number of hydrogen-bond donors (Lipinski definition) is 1. The maximum absolute atomic E-state index is 12.4. The topological polar surface area (TPSA) is 62.3 Å². The van der Waals surface area contributed by atoms with Crippen molar-refractivity contribution < 1.29 is 8.42 Å². The van der Waals surface area contributed by atoms with Crippen LogP contribution in [0.3, 0.4) is 0 Å². The molecule has 0 radical (unpaired) electrons. The number of nitrogens with zero attached hydrogens (tertiary/aromatic N) is 2. The molecular formula is C18H25N3O2S. The van der Waals surface area contributed by atoms with Gasteiger partial charge in [-0.3, -0.25) is 0 Å². The zero-order valence-electron chi connectivity index (χ0n) is 14.5. The van der Waals surface area contributed by atoms with Crippen molar-refractivity contribution in [3.8, 4) is 0 Å². The Balaban J connectivity index is 1.99. The summed E-state index contributed by atoms with van der Waals surface area (Å²) >= 11 is 0. The van der Waals surface area contributed by atoms with Gasteiger partial charge in [-0.1, -0.05) is 38.1 Å². The highest BCUT2D eigenvalue weighted by molar-refractivity contribution is 7.89. The van der Waals surface area contributed by atoms with Gasteiger partial charge in [0.15, 0.2) is 0 Å². The average Bonchev–Trinajstić information content (AvgIpc) is 2.58. The molecule has 5 nitrogen and oxygen atoms in total. The Morgan fingerprint density at radius 3 is 2.38 bits per heavy atom. The molecule has 1 aromatic carbocycles. The third-order valence-corrected chi connectivity index (χ3v) is 6.07. The molecule has 0 aliphatic heterocycles. The van der Waals surface area contributed by atoms with E-state index in [4.69, 9.17) is 0 Å². The number of benzene rings is 1. The predicted molar refractivity (Wildman–Crippen MR) is 97.7 cm³/mol. The molecule has 130 valence electrons. The molecule has 0 saturated heterocycles. The predicted octanol–water partition coefficient (Wildman–Crippen LogP) is 3.08. The third-order valence-electron chi connectivity index (χ3n) is 4.04. The number of aryl methyl sites for hydroxylation is 1. The molecule has 0 atom stereocenters. The van der Waals surface area contributed by atoms with Crippen LogP contribution in [0.2, 0.25) is 0 Å². The molecule has 0 bridgehead atoms. The van der Waals surface area contributed by atoms with E-state index in [0.29, 0.717) is 18.9 Å². The smallest absolute Gasteiger partial charge is 0.244 e. The molecule has 24 heavy (non-hydrogen) atoms. The largest absolute Gasteiger partial charge is 0.370 e. The van der Waals surface area contributed by atoms with Crippen molar-refractivity contribution in [3.63, 3.8) is 0 Å². The highest BCUT2D eigenvalue weighted by Crippen LogP contribution is 2.16. The monoisotopic (exact) mass is 347 g/mol. The van der Waals surface area contributed by atoms with Gasteiger partial charge >= 0.3 is 0 Å². The molecule has 2 aromatic rings. The molecular weight excluding hydrogens is 322 g/mol. The summed E-state index contributed by atoms with van der Waals surface area (Å²) < 4.78 is 26.2. The Bertz CT molecular complexity index is 754. The summed E-state index contributed by atoms with van der Waals surface area (Å²) in [6.07, 6.45) is 2.32. The highest BCUT2D eigenvalue weighted by Gasteiger charge is 2.21. The van der Waals surface area contributed by atoms with Crippen LogP contribution in [0.4, 0.5) is 5.82 Å². The van der Waals surface area contributed by atoms with Crippen molar-refractivity contribution in [3.05, 3.63) is 53.7 Å². The molecule has 1 aromatic heterocycles. The molecule has 0 unspecified atom stereocenters. The summed E-state index contributed by atoms with van der Waals surface area (Å²) in [4.78, 5) is 4.46. The standard InChI is InChI=1S/C18H25N3O2S/c1-4-21(5-2)24(22,23)17-10-11-18(20-14-17)19-13-12-16-9-7-6-8-15(16)3/h6-11,14H,4-5,12-13H2,1-3H3,(H,19,20). The maximum atomic E-state index is 12.4. The number of aromatic nitrogens is 1. The fourth-order valence-corrected chi connectivity index (χ4v) is 3.97. The Hall–Kier alpha value is -1.92. The van der Waals surface area contributed by atoms with Crippen LogP contribution in [0.15, 0.2) is 47.5 Å². The normalized spacial score (nSPS) is 11.7. The summed E-state index contributed by atoms with van der Waals surface area (Å²) in [6, 6.07) is 11.6. The van der Waals surface area contributed by atoms with Crippen molar-refractivity contribution in [1.29, 1.82) is 0 Å². The van der Waals surface area contributed by atoms with Crippen LogP contribution in [0.25, 0.3) is 0 Å². The van der Waals surface area contributed by atoms with Gasteiger partial charge in [-0.2, -0.15) is 4.31 Å². The zero-order chi connectivity index (χ0) is 17.6. The molecule has 1 heterocycles. The molecule has 0 fully saturated rings. The van der Waals surface area contributed by atoms with Crippen LogP contribution < -0.4 is 5.32 Å². The summed E-state index contributed by atoms with van der Waals surface area (Å²) in [6.45, 7) is 7.41. The maximum Gasteiger partial charge on any atom is 0.244 e. The second-order valence-corrected chi connectivity index (χ2v) is 7.51. The van der Waals surface area contributed by atoms with Crippen LogP contribution in [0.1, 0.15) is 25.0 Å². The fraction of sp³-hybridized carbons (Fsp3) is 0.389. The lowest BCUT2D eigenvalue weighted by Gasteiger charge is -2.18. The van der Waals surface area contributed by atoms with Crippen molar-refractivity contribution in [2.24, 2.45) is 0 Å². The molecule has 0 spiro atoms. The van der Waals surface area contributed by atoms with Crippen molar-refractivity contribution in [2.75, 3.05) is 25.0 Å². The average molecular weight is 347 g/mol. The van der Waals surface area contributed by atoms with Gasteiger partial charge in [0.2, 0.25) is 10.0 Å². The lowest BCUT2D eigenvalue weighted by atomic mass is 10.1. The number of hydrogen-bond acceptors (Lipinski definition) is 4. The summed E-state index contributed by atoms with van der Waals surface area (Å²) in [5, 5.41) is 3.24. The SMILES string of the molecule is CCN(CC)S(=O)(=O)c1ccc(NCCc2ccccc2C)nc1. The molecule has 0 aliphatic carbocycles. The molecule has 0 saturated carbocycles. The van der Waals surface area contributed by atoms with Crippen LogP contribution in [-0.4, -0.2) is 37.3 Å². The highest BCUT2D eigenvalue weighted by atomic mass is 32.2. The van der Waals surface area contributed by atoms with Crippen molar-refractivity contribution in [1.82, 2.24) is 9.29 Å². The lowest BCUT2D eigenvalue weighted by Crippen LogP contribution is -2.30. The molecule has 6 heteroatoms. The Morgan fingerprint density at radius 2 is 1.79 bits per heavy atom. The molecule has 0 amide bonds. The van der Waals surface area contributed by atoms with Crippen LogP contribution in [-0.2, 0) is 16.4 Å².